The van der Waals surface area contributed by atoms with Gasteiger partial charge in [-0.1, -0.05) is 42.5 Å². The molecule has 0 aliphatic rings. The van der Waals surface area contributed by atoms with Crippen molar-refractivity contribution < 1.29 is 19.7 Å². The highest BCUT2D eigenvalue weighted by Gasteiger charge is 2.15. The van der Waals surface area contributed by atoms with Gasteiger partial charge in [0.1, 0.15) is 23.7 Å². The zero-order valence-electron chi connectivity index (χ0n) is 11.7. The van der Waals surface area contributed by atoms with E-state index in [4.69, 9.17) is 4.74 Å². The van der Waals surface area contributed by atoms with Gasteiger partial charge in [0.25, 0.3) is 0 Å². The first-order chi connectivity index (χ1) is 10.6. The van der Waals surface area contributed by atoms with E-state index < -0.39 is 5.97 Å². The molecule has 0 bridgehead atoms. The Labute approximate surface area is 127 Å². The van der Waals surface area contributed by atoms with Crippen LogP contribution in [0.5, 0.6) is 11.5 Å². The van der Waals surface area contributed by atoms with E-state index in [1.54, 1.807) is 12.1 Å². The molecule has 0 spiro atoms. The van der Waals surface area contributed by atoms with Gasteiger partial charge in [-0.05, 0) is 29.1 Å². The van der Waals surface area contributed by atoms with E-state index in [-0.39, 0.29) is 23.7 Å². The molecule has 3 aromatic rings. The number of esters is 1. The van der Waals surface area contributed by atoms with Crippen LogP contribution >= 0.6 is 0 Å². The van der Waals surface area contributed by atoms with Gasteiger partial charge in [-0.3, -0.25) is 0 Å². The summed E-state index contributed by atoms with van der Waals surface area (Å²) in [5.41, 5.74) is 0.947. The third kappa shape index (κ3) is 2.72. The van der Waals surface area contributed by atoms with Crippen molar-refractivity contribution in [1.29, 1.82) is 0 Å². The fourth-order valence-corrected chi connectivity index (χ4v) is 2.26. The number of ether oxygens (including phenoxy) is 1. The number of hydrogen-bond acceptors (Lipinski definition) is 4. The molecule has 3 rings (SSSR count). The van der Waals surface area contributed by atoms with E-state index >= 15 is 0 Å². The summed E-state index contributed by atoms with van der Waals surface area (Å²) in [5.74, 6) is -0.768. The fraction of sp³-hybridized carbons (Fsp3) is 0.0556. The molecule has 2 N–H and O–H groups in total. The molecule has 0 aromatic heterocycles. The van der Waals surface area contributed by atoms with Crippen molar-refractivity contribution >= 4 is 16.7 Å². The molecule has 0 radical (unpaired) electrons. The van der Waals surface area contributed by atoms with Crippen LogP contribution in [0, 0.1) is 0 Å². The van der Waals surface area contributed by atoms with Gasteiger partial charge in [0.15, 0.2) is 0 Å². The van der Waals surface area contributed by atoms with Gasteiger partial charge in [0, 0.05) is 5.39 Å². The van der Waals surface area contributed by atoms with E-state index in [2.05, 4.69) is 0 Å². The first-order valence-electron chi connectivity index (χ1n) is 6.81. The number of benzene rings is 3. The fourth-order valence-electron chi connectivity index (χ4n) is 2.26. The minimum Gasteiger partial charge on any atom is -0.507 e. The lowest BCUT2D eigenvalue weighted by atomic mass is 10.1. The second-order valence-corrected chi connectivity index (χ2v) is 4.93. The van der Waals surface area contributed by atoms with E-state index in [9.17, 15) is 15.0 Å². The first-order valence-corrected chi connectivity index (χ1v) is 6.81. The number of rotatable bonds is 3. The van der Waals surface area contributed by atoms with Crippen LogP contribution in [0.15, 0.2) is 60.7 Å². The second-order valence-electron chi connectivity index (χ2n) is 4.93. The summed E-state index contributed by atoms with van der Waals surface area (Å²) in [6, 6.07) is 17.1. The van der Waals surface area contributed by atoms with Gasteiger partial charge in [-0.15, -0.1) is 0 Å². The van der Waals surface area contributed by atoms with Gasteiger partial charge >= 0.3 is 5.97 Å². The molecular formula is C18H14O4. The maximum Gasteiger partial charge on any atom is 0.342 e. The van der Waals surface area contributed by atoms with Crippen molar-refractivity contribution in [2.24, 2.45) is 0 Å². The van der Waals surface area contributed by atoms with Crippen molar-refractivity contribution in [2.45, 2.75) is 6.61 Å². The molecule has 0 heterocycles. The summed E-state index contributed by atoms with van der Waals surface area (Å²) in [7, 11) is 0. The van der Waals surface area contributed by atoms with Gasteiger partial charge in [-0.25, -0.2) is 4.79 Å². The molecule has 22 heavy (non-hydrogen) atoms. The number of hydrogen-bond donors (Lipinski definition) is 2. The van der Waals surface area contributed by atoms with E-state index in [1.165, 1.54) is 18.2 Å². The Morgan fingerprint density at radius 3 is 2.45 bits per heavy atom. The van der Waals surface area contributed by atoms with Crippen molar-refractivity contribution in [3.05, 3.63) is 71.8 Å². The number of phenols is 2. The minimum absolute atomic E-state index is 0.0528. The van der Waals surface area contributed by atoms with Gasteiger partial charge in [-0.2, -0.15) is 0 Å². The molecule has 0 unspecified atom stereocenters. The molecule has 0 fully saturated rings. The predicted octanol–water partition coefficient (Wildman–Crippen LogP) is 3.61. The quantitative estimate of drug-likeness (QED) is 0.724. The van der Waals surface area contributed by atoms with E-state index in [0.29, 0.717) is 10.8 Å². The molecule has 3 aromatic carbocycles. The SMILES string of the molecule is O=C(OCc1ccccc1)c1cc2cccc(O)c2cc1O. The summed E-state index contributed by atoms with van der Waals surface area (Å²) in [6.45, 7) is 0.136. The molecule has 4 heteroatoms. The molecule has 4 nitrogen and oxygen atoms in total. The van der Waals surface area contributed by atoms with Crippen molar-refractivity contribution in [3.63, 3.8) is 0 Å². The molecular weight excluding hydrogens is 280 g/mol. The minimum atomic E-state index is -0.605. The Hall–Kier alpha value is -3.01. The molecule has 0 saturated heterocycles. The van der Waals surface area contributed by atoms with Crippen molar-refractivity contribution in [2.75, 3.05) is 0 Å². The highest BCUT2D eigenvalue weighted by molar-refractivity contribution is 6.00. The molecule has 0 aliphatic carbocycles. The van der Waals surface area contributed by atoms with Crippen LogP contribution in [-0.4, -0.2) is 16.2 Å². The number of fused-ring (bicyclic) bond motifs is 1. The summed E-state index contributed by atoms with van der Waals surface area (Å²) in [4.78, 5) is 12.1. The Balaban J connectivity index is 1.86. The number of carbonyl (C=O) groups is 1. The van der Waals surface area contributed by atoms with Crippen LogP contribution in [0.4, 0.5) is 0 Å². The van der Waals surface area contributed by atoms with E-state index in [1.807, 2.05) is 30.3 Å². The second kappa shape index (κ2) is 5.77. The Morgan fingerprint density at radius 1 is 0.909 bits per heavy atom. The maximum absolute atomic E-state index is 12.1. The maximum atomic E-state index is 12.1. The molecule has 0 aliphatic heterocycles. The normalized spacial score (nSPS) is 10.5. The lowest BCUT2D eigenvalue weighted by molar-refractivity contribution is 0.0469. The summed E-state index contributed by atoms with van der Waals surface area (Å²) < 4.78 is 5.21. The third-order valence-corrected chi connectivity index (χ3v) is 3.41. The molecule has 0 atom stereocenters. The highest BCUT2D eigenvalue weighted by atomic mass is 16.5. The molecule has 0 saturated carbocycles. The third-order valence-electron chi connectivity index (χ3n) is 3.41. The van der Waals surface area contributed by atoms with E-state index in [0.717, 1.165) is 5.56 Å². The van der Waals surface area contributed by atoms with Crippen molar-refractivity contribution in [3.8, 4) is 11.5 Å². The van der Waals surface area contributed by atoms with Crippen LogP contribution < -0.4 is 0 Å². The Bertz CT molecular complexity index is 825. The monoisotopic (exact) mass is 294 g/mol. The smallest absolute Gasteiger partial charge is 0.342 e. The lowest BCUT2D eigenvalue weighted by Gasteiger charge is -2.08. The largest absolute Gasteiger partial charge is 0.507 e. The summed E-state index contributed by atoms with van der Waals surface area (Å²) in [6.07, 6.45) is 0. The summed E-state index contributed by atoms with van der Waals surface area (Å²) >= 11 is 0. The van der Waals surface area contributed by atoms with Crippen LogP contribution in [0.3, 0.4) is 0 Å². The summed E-state index contributed by atoms with van der Waals surface area (Å²) in [5, 5.41) is 20.9. The predicted molar refractivity (Wildman–Crippen MR) is 82.8 cm³/mol. The van der Waals surface area contributed by atoms with Crippen LogP contribution in [0.25, 0.3) is 10.8 Å². The Kier molecular flexibility index (Phi) is 3.66. The molecule has 0 amide bonds. The molecule has 110 valence electrons. The highest BCUT2D eigenvalue weighted by Crippen LogP contribution is 2.31. The zero-order valence-corrected chi connectivity index (χ0v) is 11.7. The van der Waals surface area contributed by atoms with Crippen LogP contribution in [-0.2, 0) is 11.3 Å². The van der Waals surface area contributed by atoms with Gasteiger partial charge in [0.05, 0.1) is 0 Å². The van der Waals surface area contributed by atoms with Crippen LogP contribution in [0.2, 0.25) is 0 Å². The first kappa shape index (κ1) is 13.9. The lowest BCUT2D eigenvalue weighted by Crippen LogP contribution is -2.05. The number of phenolic OH excluding ortho intramolecular Hbond substituents is 2. The Morgan fingerprint density at radius 2 is 1.68 bits per heavy atom. The number of aromatic hydroxyl groups is 2. The standard InChI is InChI=1S/C18H14O4/c19-16-8-4-7-13-9-15(17(20)10-14(13)16)18(21)22-11-12-5-2-1-3-6-12/h1-10,19-20H,11H2. The van der Waals surface area contributed by atoms with Gasteiger partial charge in [0.2, 0.25) is 0 Å². The van der Waals surface area contributed by atoms with Crippen LogP contribution in [0.1, 0.15) is 15.9 Å². The topological polar surface area (TPSA) is 66.8 Å². The number of carbonyl (C=O) groups excluding carboxylic acids is 1. The average Bonchev–Trinajstić information content (AvgIpc) is 2.54. The average molecular weight is 294 g/mol. The van der Waals surface area contributed by atoms with Crippen molar-refractivity contribution in [1.82, 2.24) is 0 Å². The van der Waals surface area contributed by atoms with Gasteiger partial charge < -0.3 is 14.9 Å². The zero-order chi connectivity index (χ0) is 15.5.